The van der Waals surface area contributed by atoms with Gasteiger partial charge in [0.25, 0.3) is 0 Å². The third-order valence-electron chi connectivity index (χ3n) is 4.54. The van der Waals surface area contributed by atoms with Crippen LogP contribution < -0.4 is 5.32 Å². The Hall–Kier alpha value is -2.29. The average molecular weight is 416 g/mol. The van der Waals surface area contributed by atoms with Crippen molar-refractivity contribution in [3.05, 3.63) is 35.4 Å². The molecule has 0 aromatic heterocycles. The highest BCUT2D eigenvalue weighted by Gasteiger charge is 2.46. The van der Waals surface area contributed by atoms with Crippen LogP contribution in [0.3, 0.4) is 0 Å². The van der Waals surface area contributed by atoms with Crippen LogP contribution in [0.4, 0.5) is 18.0 Å². The molecule has 2 atom stereocenters. The lowest BCUT2D eigenvalue weighted by molar-refractivity contribution is -0.194. The van der Waals surface area contributed by atoms with Gasteiger partial charge >= 0.3 is 18.2 Å². The van der Waals surface area contributed by atoms with Crippen LogP contribution in [0.25, 0.3) is 0 Å². The molecule has 9 heteroatoms. The van der Waals surface area contributed by atoms with E-state index in [0.29, 0.717) is 11.1 Å². The van der Waals surface area contributed by atoms with Gasteiger partial charge in [-0.05, 0) is 51.3 Å². The van der Waals surface area contributed by atoms with Gasteiger partial charge < -0.3 is 14.8 Å². The SMILES string of the molecule is COC(=O)c1ccc(CN2CC(NC(=O)OC(C)(C)C)CCC2C(F)(F)F)cc1. The zero-order chi connectivity index (χ0) is 21.8. The second-order valence-corrected chi connectivity index (χ2v) is 8.10. The number of rotatable bonds is 4. The van der Waals surface area contributed by atoms with E-state index in [1.54, 1.807) is 32.9 Å². The minimum atomic E-state index is -4.37. The molecule has 1 fully saturated rings. The predicted molar refractivity (Wildman–Crippen MR) is 100 cm³/mol. The topological polar surface area (TPSA) is 67.9 Å². The van der Waals surface area contributed by atoms with Crippen molar-refractivity contribution in [3.8, 4) is 0 Å². The fourth-order valence-corrected chi connectivity index (χ4v) is 3.28. The Morgan fingerprint density at radius 2 is 1.76 bits per heavy atom. The number of benzene rings is 1. The van der Waals surface area contributed by atoms with E-state index >= 15 is 0 Å². The van der Waals surface area contributed by atoms with Crippen molar-refractivity contribution in [2.45, 2.75) is 64.0 Å². The molecule has 0 aliphatic carbocycles. The lowest BCUT2D eigenvalue weighted by Gasteiger charge is -2.40. The number of methoxy groups -OCH3 is 1. The van der Waals surface area contributed by atoms with Crippen molar-refractivity contribution in [1.29, 1.82) is 0 Å². The molecule has 0 radical (unpaired) electrons. The van der Waals surface area contributed by atoms with Crippen LogP contribution in [0.2, 0.25) is 0 Å². The lowest BCUT2D eigenvalue weighted by atomic mass is 9.97. The molecule has 0 spiro atoms. The van der Waals surface area contributed by atoms with Crippen LogP contribution in [0.1, 0.15) is 49.5 Å². The van der Waals surface area contributed by atoms with E-state index in [9.17, 15) is 22.8 Å². The molecule has 0 saturated carbocycles. The first-order valence-corrected chi connectivity index (χ1v) is 9.36. The number of ether oxygens (including phenoxy) is 2. The number of piperidine rings is 1. The number of esters is 1. The Kier molecular flexibility index (Phi) is 7.15. The first-order valence-electron chi connectivity index (χ1n) is 9.36. The summed E-state index contributed by atoms with van der Waals surface area (Å²) in [6.07, 6.45) is -4.93. The van der Waals surface area contributed by atoms with Crippen molar-refractivity contribution < 1.29 is 32.2 Å². The summed E-state index contributed by atoms with van der Waals surface area (Å²) in [4.78, 5) is 24.8. The van der Waals surface area contributed by atoms with E-state index in [2.05, 4.69) is 10.1 Å². The molecule has 29 heavy (non-hydrogen) atoms. The van der Waals surface area contributed by atoms with Crippen LogP contribution in [0, 0.1) is 0 Å². The van der Waals surface area contributed by atoms with Gasteiger partial charge in [0, 0.05) is 19.1 Å². The van der Waals surface area contributed by atoms with Crippen LogP contribution in [-0.4, -0.2) is 54.5 Å². The van der Waals surface area contributed by atoms with Crippen molar-refractivity contribution >= 4 is 12.1 Å². The summed E-state index contributed by atoms with van der Waals surface area (Å²) in [7, 11) is 1.26. The van der Waals surface area contributed by atoms with Gasteiger partial charge in [0.15, 0.2) is 0 Å². The molecule has 2 rings (SSSR count). The van der Waals surface area contributed by atoms with Gasteiger partial charge in [0.05, 0.1) is 12.7 Å². The summed E-state index contributed by atoms with van der Waals surface area (Å²) in [5.41, 5.74) is 0.269. The zero-order valence-electron chi connectivity index (χ0n) is 17.0. The molecular formula is C20H27F3N2O4. The molecule has 1 N–H and O–H groups in total. The Morgan fingerprint density at radius 1 is 1.14 bits per heavy atom. The van der Waals surface area contributed by atoms with Gasteiger partial charge in [-0.25, -0.2) is 9.59 Å². The van der Waals surface area contributed by atoms with Gasteiger partial charge in [0.1, 0.15) is 11.6 Å². The highest BCUT2D eigenvalue weighted by Crippen LogP contribution is 2.33. The van der Waals surface area contributed by atoms with Gasteiger partial charge in [-0.2, -0.15) is 13.2 Å². The van der Waals surface area contributed by atoms with Crippen LogP contribution >= 0.6 is 0 Å². The molecule has 1 aliphatic heterocycles. The molecule has 1 aromatic carbocycles. The Labute approximate surface area is 168 Å². The highest BCUT2D eigenvalue weighted by molar-refractivity contribution is 5.89. The Bertz CT molecular complexity index is 714. The number of carbonyl (C=O) groups excluding carboxylic acids is 2. The molecular weight excluding hydrogens is 389 g/mol. The Balaban J connectivity index is 2.09. The molecule has 1 aliphatic rings. The van der Waals surface area contributed by atoms with E-state index < -0.39 is 35.9 Å². The van der Waals surface area contributed by atoms with Crippen molar-refractivity contribution in [1.82, 2.24) is 10.2 Å². The predicted octanol–water partition coefficient (Wildman–Crippen LogP) is 3.89. The maximum absolute atomic E-state index is 13.5. The number of likely N-dealkylation sites (tertiary alicyclic amines) is 1. The van der Waals surface area contributed by atoms with Gasteiger partial charge in [0.2, 0.25) is 0 Å². The summed E-state index contributed by atoms with van der Waals surface area (Å²) >= 11 is 0. The number of halogens is 3. The molecule has 1 heterocycles. The number of hydrogen-bond donors (Lipinski definition) is 1. The molecule has 2 unspecified atom stereocenters. The number of nitrogens with zero attached hydrogens (tertiary/aromatic N) is 1. The normalized spacial score (nSPS) is 20.8. The second kappa shape index (κ2) is 9.02. The van der Waals surface area contributed by atoms with E-state index in [4.69, 9.17) is 4.74 Å². The van der Waals surface area contributed by atoms with Gasteiger partial charge in [-0.15, -0.1) is 0 Å². The van der Waals surface area contributed by atoms with E-state index in [1.165, 1.54) is 24.1 Å². The molecule has 1 saturated heterocycles. The van der Waals surface area contributed by atoms with Gasteiger partial charge in [-0.1, -0.05) is 12.1 Å². The maximum Gasteiger partial charge on any atom is 0.407 e. The molecule has 162 valence electrons. The third kappa shape index (κ3) is 6.92. The fourth-order valence-electron chi connectivity index (χ4n) is 3.28. The number of alkyl carbamates (subject to hydrolysis) is 1. The smallest absolute Gasteiger partial charge is 0.407 e. The molecule has 1 aromatic rings. The summed E-state index contributed by atoms with van der Waals surface area (Å²) < 4.78 is 50.3. The standard InChI is InChI=1S/C20H27F3N2O4/c1-19(2,3)29-18(27)24-15-9-10-16(20(21,22)23)25(12-15)11-13-5-7-14(8-6-13)17(26)28-4/h5-8,15-16H,9-12H2,1-4H3,(H,24,27). The minimum Gasteiger partial charge on any atom is -0.465 e. The molecule has 6 nitrogen and oxygen atoms in total. The number of amides is 1. The van der Waals surface area contributed by atoms with E-state index in [0.717, 1.165) is 0 Å². The second-order valence-electron chi connectivity index (χ2n) is 8.10. The van der Waals surface area contributed by atoms with Crippen LogP contribution in [-0.2, 0) is 16.0 Å². The van der Waals surface area contributed by atoms with Crippen molar-refractivity contribution in [2.75, 3.05) is 13.7 Å². The first-order chi connectivity index (χ1) is 13.4. The first kappa shape index (κ1) is 23.0. The molecule has 0 bridgehead atoms. The van der Waals surface area contributed by atoms with Crippen molar-refractivity contribution in [2.24, 2.45) is 0 Å². The van der Waals surface area contributed by atoms with E-state index in [1.807, 2.05) is 0 Å². The maximum atomic E-state index is 13.5. The van der Waals surface area contributed by atoms with Crippen molar-refractivity contribution in [3.63, 3.8) is 0 Å². The number of carbonyl (C=O) groups is 2. The minimum absolute atomic E-state index is 0.0398. The highest BCUT2D eigenvalue weighted by atomic mass is 19.4. The summed E-state index contributed by atoms with van der Waals surface area (Å²) in [6.45, 7) is 5.24. The quantitative estimate of drug-likeness (QED) is 0.755. The summed E-state index contributed by atoms with van der Waals surface area (Å²) in [5.74, 6) is -0.510. The fraction of sp³-hybridized carbons (Fsp3) is 0.600. The van der Waals surface area contributed by atoms with Crippen LogP contribution in [0.15, 0.2) is 24.3 Å². The molecule has 1 amide bonds. The number of hydrogen-bond acceptors (Lipinski definition) is 5. The number of nitrogens with one attached hydrogen (secondary N) is 1. The average Bonchev–Trinajstić information content (AvgIpc) is 2.59. The van der Waals surface area contributed by atoms with E-state index in [-0.39, 0.29) is 25.9 Å². The number of alkyl halides is 3. The monoisotopic (exact) mass is 416 g/mol. The van der Waals surface area contributed by atoms with Gasteiger partial charge in [-0.3, -0.25) is 4.90 Å². The lowest BCUT2D eigenvalue weighted by Crippen LogP contribution is -2.56. The Morgan fingerprint density at radius 3 is 2.28 bits per heavy atom. The van der Waals surface area contributed by atoms with Crippen LogP contribution in [0.5, 0.6) is 0 Å². The summed E-state index contributed by atoms with van der Waals surface area (Å²) in [5, 5.41) is 2.66. The third-order valence-corrected chi connectivity index (χ3v) is 4.54. The largest absolute Gasteiger partial charge is 0.465 e. The zero-order valence-corrected chi connectivity index (χ0v) is 17.0. The summed E-state index contributed by atoms with van der Waals surface area (Å²) in [6, 6.07) is 4.20.